The molecule has 1 saturated carbocycles. The van der Waals surface area contributed by atoms with Crippen molar-refractivity contribution in [3.63, 3.8) is 0 Å². The Bertz CT molecular complexity index is 1110. The highest BCUT2D eigenvalue weighted by Gasteiger charge is 2.37. The average molecular weight is 458 g/mol. The Morgan fingerprint density at radius 1 is 1.09 bits per heavy atom. The highest BCUT2D eigenvalue weighted by atomic mass is 32.2. The number of nitro benzene ring substituents is 1. The predicted molar refractivity (Wildman–Crippen MR) is 119 cm³/mol. The fourth-order valence-corrected chi connectivity index (χ4v) is 6.03. The van der Waals surface area contributed by atoms with Crippen LogP contribution in [0.3, 0.4) is 0 Å². The molecule has 1 heterocycles. The lowest BCUT2D eigenvalue weighted by Crippen LogP contribution is -2.44. The van der Waals surface area contributed by atoms with Crippen LogP contribution >= 0.6 is 0 Å². The number of sulfonamides is 1. The van der Waals surface area contributed by atoms with Crippen molar-refractivity contribution in [1.82, 2.24) is 9.62 Å². The molecule has 2 aromatic carbocycles. The van der Waals surface area contributed by atoms with E-state index in [0.29, 0.717) is 24.3 Å². The number of hydrogen-bond donors (Lipinski definition) is 1. The van der Waals surface area contributed by atoms with Crippen LogP contribution in [0, 0.1) is 28.9 Å². The monoisotopic (exact) mass is 457 g/mol. The molecular weight excluding hydrogens is 430 g/mol. The number of carbonyl (C=O) groups excluding carboxylic acids is 1. The maximum atomic E-state index is 13.1. The minimum Gasteiger partial charge on any atom is -0.349 e. The predicted octanol–water partition coefficient (Wildman–Crippen LogP) is 3.57. The summed E-state index contributed by atoms with van der Waals surface area (Å²) in [5.74, 6) is 0.172. The molecule has 1 unspecified atom stereocenters. The molecule has 9 heteroatoms. The maximum absolute atomic E-state index is 13.1. The molecule has 1 atom stereocenters. The molecule has 1 aliphatic carbocycles. The van der Waals surface area contributed by atoms with Gasteiger partial charge in [-0.05, 0) is 49.7 Å². The summed E-state index contributed by atoms with van der Waals surface area (Å²) in [7, 11) is -3.87. The van der Waals surface area contributed by atoms with Crippen LogP contribution in [0.15, 0.2) is 53.4 Å². The molecule has 32 heavy (non-hydrogen) atoms. The van der Waals surface area contributed by atoms with Gasteiger partial charge < -0.3 is 5.32 Å². The second-order valence-electron chi connectivity index (χ2n) is 8.62. The summed E-state index contributed by atoms with van der Waals surface area (Å²) in [6, 6.07) is 13.8. The second-order valence-corrected chi connectivity index (χ2v) is 10.5. The van der Waals surface area contributed by atoms with Crippen LogP contribution in [0.4, 0.5) is 5.69 Å². The first kappa shape index (κ1) is 22.4. The Hall–Kier alpha value is -2.78. The Balaban J connectivity index is 1.42. The van der Waals surface area contributed by atoms with Crippen molar-refractivity contribution in [3.05, 3.63) is 69.8 Å². The largest absolute Gasteiger partial charge is 0.349 e. The van der Waals surface area contributed by atoms with Crippen LogP contribution in [-0.4, -0.2) is 36.6 Å². The Morgan fingerprint density at radius 2 is 1.75 bits per heavy atom. The summed E-state index contributed by atoms with van der Waals surface area (Å²) >= 11 is 0. The van der Waals surface area contributed by atoms with E-state index in [1.807, 2.05) is 30.3 Å². The first-order valence-corrected chi connectivity index (χ1v) is 12.3. The molecule has 8 nitrogen and oxygen atoms in total. The molecule has 1 saturated heterocycles. The zero-order valence-electron chi connectivity index (χ0n) is 17.9. The third-order valence-corrected chi connectivity index (χ3v) is 8.42. The normalized spacial score (nSPS) is 18.8. The van der Waals surface area contributed by atoms with Crippen molar-refractivity contribution >= 4 is 21.6 Å². The van der Waals surface area contributed by atoms with Crippen LogP contribution < -0.4 is 5.32 Å². The number of rotatable bonds is 7. The Morgan fingerprint density at radius 3 is 2.34 bits per heavy atom. The van der Waals surface area contributed by atoms with Gasteiger partial charge in [0.25, 0.3) is 5.69 Å². The maximum Gasteiger partial charge on any atom is 0.270 e. The van der Waals surface area contributed by atoms with E-state index in [4.69, 9.17) is 0 Å². The van der Waals surface area contributed by atoms with Gasteiger partial charge in [0.2, 0.25) is 15.9 Å². The third-order valence-electron chi connectivity index (χ3n) is 6.37. The van der Waals surface area contributed by atoms with Gasteiger partial charge in [0.05, 0.1) is 15.9 Å². The number of benzene rings is 2. The van der Waals surface area contributed by atoms with E-state index in [2.05, 4.69) is 5.32 Å². The molecule has 2 fully saturated rings. The van der Waals surface area contributed by atoms with Gasteiger partial charge in [-0.25, -0.2) is 8.42 Å². The summed E-state index contributed by atoms with van der Waals surface area (Å²) in [6.07, 6.45) is 3.04. The molecule has 1 N–H and O–H groups in total. The van der Waals surface area contributed by atoms with Crippen LogP contribution in [-0.2, 0) is 14.8 Å². The lowest BCUT2D eigenvalue weighted by atomic mass is 9.95. The number of piperidine rings is 1. The molecule has 4 rings (SSSR count). The number of non-ortho nitro benzene ring substituents is 1. The minimum atomic E-state index is -3.87. The van der Waals surface area contributed by atoms with Crippen molar-refractivity contribution in [1.29, 1.82) is 0 Å². The van der Waals surface area contributed by atoms with Crippen LogP contribution in [0.1, 0.15) is 42.9 Å². The third kappa shape index (κ3) is 4.68. The summed E-state index contributed by atoms with van der Waals surface area (Å²) in [6.45, 7) is 2.04. The number of carbonyl (C=O) groups is 1. The first-order valence-electron chi connectivity index (χ1n) is 10.9. The molecule has 2 aromatic rings. The topological polar surface area (TPSA) is 110 Å². The number of nitrogens with one attached hydrogen (secondary N) is 1. The molecule has 0 spiro atoms. The van der Waals surface area contributed by atoms with Gasteiger partial charge >= 0.3 is 0 Å². The van der Waals surface area contributed by atoms with E-state index in [-0.39, 0.29) is 41.5 Å². The van der Waals surface area contributed by atoms with Crippen molar-refractivity contribution in [2.75, 3.05) is 13.1 Å². The Kier molecular flexibility index (Phi) is 6.30. The standard InChI is InChI=1S/C23H27N3O5S/c1-16-7-10-20(26(28)29)15-21(16)32(30,31)25-13-11-19(12-14-25)23(27)24-22(18-8-9-18)17-5-3-2-4-6-17/h2-7,10,15,18-19,22H,8-9,11-14H2,1H3,(H,24,27). The average Bonchev–Trinajstić information content (AvgIpc) is 3.63. The SMILES string of the molecule is Cc1ccc([N+](=O)[O-])cc1S(=O)(=O)N1CCC(C(=O)NC(c2ccccc2)C2CC2)CC1. The van der Waals surface area contributed by atoms with Gasteiger partial charge in [0.1, 0.15) is 0 Å². The lowest BCUT2D eigenvalue weighted by molar-refractivity contribution is -0.385. The van der Waals surface area contributed by atoms with E-state index in [1.54, 1.807) is 6.92 Å². The molecule has 170 valence electrons. The minimum absolute atomic E-state index is 0.00187. The number of aryl methyl sites for hydroxylation is 1. The summed E-state index contributed by atoms with van der Waals surface area (Å²) < 4.78 is 27.6. The van der Waals surface area contributed by atoms with Crippen LogP contribution in [0.5, 0.6) is 0 Å². The van der Waals surface area contributed by atoms with Crippen LogP contribution in [0.25, 0.3) is 0 Å². The van der Waals surface area contributed by atoms with Crippen molar-refractivity contribution in [3.8, 4) is 0 Å². The van der Waals surface area contributed by atoms with E-state index in [9.17, 15) is 23.3 Å². The fourth-order valence-electron chi connectivity index (χ4n) is 4.31. The number of nitro groups is 1. The number of hydrogen-bond acceptors (Lipinski definition) is 5. The lowest BCUT2D eigenvalue weighted by Gasteiger charge is -2.32. The van der Waals surface area contributed by atoms with Crippen molar-refractivity contribution < 1.29 is 18.1 Å². The quantitative estimate of drug-likeness (QED) is 0.505. The van der Waals surface area contributed by atoms with E-state index in [1.165, 1.54) is 16.4 Å². The van der Waals surface area contributed by atoms with Crippen LogP contribution in [0.2, 0.25) is 0 Å². The first-order chi connectivity index (χ1) is 15.3. The van der Waals surface area contributed by atoms with E-state index in [0.717, 1.165) is 24.5 Å². The number of nitrogens with zero attached hydrogens (tertiary/aromatic N) is 2. The van der Waals surface area contributed by atoms with Crippen molar-refractivity contribution in [2.45, 2.75) is 43.5 Å². The van der Waals surface area contributed by atoms with E-state index >= 15 is 0 Å². The molecule has 1 amide bonds. The highest BCUT2D eigenvalue weighted by Crippen LogP contribution is 2.41. The number of amides is 1. The molecule has 2 aliphatic rings. The zero-order valence-corrected chi connectivity index (χ0v) is 18.8. The second kappa shape index (κ2) is 8.99. The summed E-state index contributed by atoms with van der Waals surface area (Å²) in [4.78, 5) is 23.4. The molecule has 0 aromatic heterocycles. The summed E-state index contributed by atoms with van der Waals surface area (Å²) in [5.41, 5.74) is 1.31. The molecule has 1 aliphatic heterocycles. The highest BCUT2D eigenvalue weighted by molar-refractivity contribution is 7.89. The van der Waals surface area contributed by atoms with Gasteiger partial charge in [-0.3, -0.25) is 14.9 Å². The fraction of sp³-hybridized carbons (Fsp3) is 0.435. The molecule has 0 bridgehead atoms. The smallest absolute Gasteiger partial charge is 0.270 e. The van der Waals surface area contributed by atoms with Gasteiger partial charge in [0.15, 0.2) is 0 Å². The molecule has 0 radical (unpaired) electrons. The van der Waals surface area contributed by atoms with Gasteiger partial charge in [-0.15, -0.1) is 0 Å². The van der Waals surface area contributed by atoms with Gasteiger partial charge in [0, 0.05) is 31.1 Å². The van der Waals surface area contributed by atoms with E-state index < -0.39 is 14.9 Å². The van der Waals surface area contributed by atoms with Crippen molar-refractivity contribution in [2.24, 2.45) is 11.8 Å². The molecular formula is C23H27N3O5S. The summed E-state index contributed by atoms with van der Waals surface area (Å²) in [5, 5.41) is 14.3. The Labute approximate surface area is 187 Å². The zero-order chi connectivity index (χ0) is 22.9. The van der Waals surface area contributed by atoms with Gasteiger partial charge in [-0.1, -0.05) is 36.4 Å². The van der Waals surface area contributed by atoms with Gasteiger partial charge in [-0.2, -0.15) is 4.31 Å².